The van der Waals surface area contributed by atoms with Crippen LogP contribution in [0.25, 0.3) is 0 Å². The maximum Gasteiger partial charge on any atom is 0.490 e. The molecule has 0 atom stereocenters. The Labute approximate surface area is 220 Å². The standard InChI is InChI=1S/C21H26N2O2.2C2HF3O2/c1-24-20-6-4-16(5-7-20)12-23-9-8-21-18(13-23)10-22-11-19(21)15-25-14-17-2-3-17;2*3-2(4,5)1(6)7/h4-7,10-11,17H,2-3,8-9,12-15H2,1H3;2*(H,6,7). The van der Waals surface area contributed by atoms with Crippen LogP contribution in [0, 0.1) is 5.92 Å². The number of aliphatic carboxylic acids is 2. The molecular weight excluding hydrogens is 538 g/mol. The smallest absolute Gasteiger partial charge is 0.490 e. The van der Waals surface area contributed by atoms with Gasteiger partial charge >= 0.3 is 24.3 Å². The quantitative estimate of drug-likeness (QED) is 0.459. The number of pyridine rings is 1. The Bertz CT molecular complexity index is 1060. The number of methoxy groups -OCH3 is 1. The first kappa shape index (κ1) is 31.8. The number of rotatable bonds is 7. The summed E-state index contributed by atoms with van der Waals surface area (Å²) in [4.78, 5) is 24.7. The molecular formula is C25H28F6N2O6. The van der Waals surface area contributed by atoms with Crippen LogP contribution in [0.1, 0.15) is 35.1 Å². The Hall–Kier alpha value is -3.39. The van der Waals surface area contributed by atoms with E-state index in [1.165, 1.54) is 35.1 Å². The molecule has 39 heavy (non-hydrogen) atoms. The SMILES string of the molecule is COc1ccc(CN2CCc3c(COCC4CC4)cncc3C2)cc1.O=C(O)C(F)(F)F.O=C(O)C(F)(F)F. The summed E-state index contributed by atoms with van der Waals surface area (Å²) >= 11 is 0. The number of benzene rings is 1. The maximum atomic E-state index is 10.6. The number of carboxylic acid groups (broad SMARTS) is 2. The zero-order chi connectivity index (χ0) is 29.2. The number of fused-ring (bicyclic) bond motifs is 1. The van der Waals surface area contributed by atoms with E-state index in [9.17, 15) is 26.3 Å². The molecule has 4 rings (SSSR count). The van der Waals surface area contributed by atoms with Crippen molar-refractivity contribution in [3.05, 3.63) is 58.9 Å². The summed E-state index contributed by atoms with van der Waals surface area (Å²) < 4.78 is 74.6. The summed E-state index contributed by atoms with van der Waals surface area (Å²) in [6.07, 6.45) is -2.39. The van der Waals surface area contributed by atoms with Crippen LogP contribution < -0.4 is 4.74 Å². The van der Waals surface area contributed by atoms with Gasteiger partial charge in [-0.25, -0.2) is 9.59 Å². The molecule has 2 N–H and O–H groups in total. The maximum absolute atomic E-state index is 10.6. The van der Waals surface area contributed by atoms with Gasteiger partial charge in [0.15, 0.2) is 0 Å². The normalized spacial score (nSPS) is 15.2. The van der Waals surface area contributed by atoms with Crippen molar-refractivity contribution in [2.24, 2.45) is 5.92 Å². The van der Waals surface area contributed by atoms with Crippen molar-refractivity contribution < 1.29 is 55.6 Å². The van der Waals surface area contributed by atoms with E-state index >= 15 is 0 Å². The molecule has 2 heterocycles. The predicted molar refractivity (Wildman–Crippen MR) is 125 cm³/mol. The van der Waals surface area contributed by atoms with Crippen molar-refractivity contribution >= 4 is 11.9 Å². The molecule has 0 saturated heterocycles. The Morgan fingerprint density at radius 3 is 2.05 bits per heavy atom. The number of carboxylic acids is 2. The van der Waals surface area contributed by atoms with E-state index in [-0.39, 0.29) is 0 Å². The molecule has 1 aliphatic heterocycles. The number of halogens is 6. The minimum absolute atomic E-state index is 0.713. The van der Waals surface area contributed by atoms with Gasteiger partial charge in [-0.1, -0.05) is 12.1 Å². The molecule has 216 valence electrons. The zero-order valence-electron chi connectivity index (χ0n) is 20.9. The fraction of sp³-hybridized carbons (Fsp3) is 0.480. The average Bonchev–Trinajstić information content (AvgIpc) is 3.68. The number of ether oxygens (including phenoxy) is 2. The van der Waals surface area contributed by atoms with E-state index in [0.717, 1.165) is 44.3 Å². The van der Waals surface area contributed by atoms with E-state index in [1.807, 2.05) is 24.5 Å². The van der Waals surface area contributed by atoms with Gasteiger partial charge in [-0.05, 0) is 59.6 Å². The van der Waals surface area contributed by atoms with Crippen molar-refractivity contribution in [1.82, 2.24) is 9.88 Å². The van der Waals surface area contributed by atoms with Gasteiger partial charge in [0.2, 0.25) is 0 Å². The van der Waals surface area contributed by atoms with E-state index in [0.29, 0.717) is 6.61 Å². The van der Waals surface area contributed by atoms with E-state index in [2.05, 4.69) is 22.0 Å². The number of hydrogen-bond acceptors (Lipinski definition) is 6. The molecule has 8 nitrogen and oxygen atoms in total. The van der Waals surface area contributed by atoms with Crippen molar-refractivity contribution in [3.63, 3.8) is 0 Å². The molecule has 0 bridgehead atoms. The fourth-order valence-corrected chi connectivity index (χ4v) is 3.50. The summed E-state index contributed by atoms with van der Waals surface area (Å²) in [6, 6.07) is 8.36. The summed E-state index contributed by atoms with van der Waals surface area (Å²) in [5.41, 5.74) is 5.41. The Morgan fingerprint density at radius 2 is 1.56 bits per heavy atom. The monoisotopic (exact) mass is 566 g/mol. The van der Waals surface area contributed by atoms with Crippen LogP contribution in [0.15, 0.2) is 36.7 Å². The Morgan fingerprint density at radius 1 is 1.00 bits per heavy atom. The van der Waals surface area contributed by atoms with E-state index < -0.39 is 24.3 Å². The molecule has 1 aliphatic carbocycles. The van der Waals surface area contributed by atoms with Crippen LogP contribution in [0.5, 0.6) is 5.75 Å². The highest BCUT2D eigenvalue weighted by atomic mass is 19.4. The summed E-state index contributed by atoms with van der Waals surface area (Å²) in [5.74, 6) is -3.79. The van der Waals surface area contributed by atoms with Crippen LogP contribution in [0.4, 0.5) is 26.3 Å². The lowest BCUT2D eigenvalue weighted by atomic mass is 9.97. The molecule has 1 aromatic heterocycles. The minimum atomic E-state index is -5.08. The van der Waals surface area contributed by atoms with E-state index in [4.69, 9.17) is 29.3 Å². The molecule has 0 amide bonds. The first-order valence-electron chi connectivity index (χ1n) is 11.7. The fourth-order valence-electron chi connectivity index (χ4n) is 3.50. The lowest BCUT2D eigenvalue weighted by Gasteiger charge is -2.29. The van der Waals surface area contributed by atoms with Crippen LogP contribution in [0.3, 0.4) is 0 Å². The third-order valence-corrected chi connectivity index (χ3v) is 5.67. The zero-order valence-corrected chi connectivity index (χ0v) is 20.9. The Balaban J connectivity index is 0.000000317. The molecule has 0 unspecified atom stereocenters. The topological polar surface area (TPSA) is 109 Å². The summed E-state index contributed by atoms with van der Waals surface area (Å²) in [5, 5.41) is 14.2. The highest BCUT2D eigenvalue weighted by Gasteiger charge is 2.38. The molecule has 1 fully saturated rings. The summed E-state index contributed by atoms with van der Waals surface area (Å²) in [7, 11) is 1.70. The second-order valence-corrected chi connectivity index (χ2v) is 8.81. The third kappa shape index (κ3) is 11.5. The molecule has 1 saturated carbocycles. The van der Waals surface area contributed by atoms with Gasteiger partial charge in [0.25, 0.3) is 0 Å². The number of alkyl halides is 6. The van der Waals surface area contributed by atoms with Crippen LogP contribution in [0.2, 0.25) is 0 Å². The van der Waals surface area contributed by atoms with Gasteiger partial charge in [0.1, 0.15) is 5.75 Å². The predicted octanol–water partition coefficient (Wildman–Crippen LogP) is 4.84. The van der Waals surface area contributed by atoms with Crippen LogP contribution in [-0.4, -0.2) is 64.6 Å². The highest BCUT2D eigenvalue weighted by Crippen LogP contribution is 2.30. The third-order valence-electron chi connectivity index (χ3n) is 5.67. The molecule has 14 heteroatoms. The van der Waals surface area contributed by atoms with E-state index in [1.54, 1.807) is 7.11 Å². The lowest BCUT2D eigenvalue weighted by Crippen LogP contribution is -2.31. The van der Waals surface area contributed by atoms with Crippen molar-refractivity contribution in [3.8, 4) is 5.75 Å². The van der Waals surface area contributed by atoms with Crippen molar-refractivity contribution in [2.45, 2.75) is 51.3 Å². The molecule has 0 radical (unpaired) electrons. The first-order valence-corrected chi connectivity index (χ1v) is 11.7. The largest absolute Gasteiger partial charge is 0.497 e. The average molecular weight is 566 g/mol. The highest BCUT2D eigenvalue weighted by molar-refractivity contribution is 5.73. The number of nitrogens with zero attached hydrogens (tertiary/aromatic N) is 2. The van der Waals surface area contributed by atoms with Gasteiger partial charge in [-0.3, -0.25) is 9.88 Å². The van der Waals surface area contributed by atoms with Crippen LogP contribution in [-0.2, 0) is 40.4 Å². The molecule has 2 aromatic rings. The number of aromatic nitrogens is 1. The Kier molecular flexibility index (Phi) is 11.5. The van der Waals surface area contributed by atoms with Crippen LogP contribution >= 0.6 is 0 Å². The summed E-state index contributed by atoms with van der Waals surface area (Å²) in [6.45, 7) is 4.63. The van der Waals surface area contributed by atoms with Gasteiger partial charge in [0.05, 0.1) is 13.7 Å². The first-order chi connectivity index (χ1) is 18.2. The van der Waals surface area contributed by atoms with Crippen molar-refractivity contribution in [1.29, 1.82) is 0 Å². The second-order valence-electron chi connectivity index (χ2n) is 8.81. The molecule has 0 spiro atoms. The van der Waals surface area contributed by atoms with Crippen molar-refractivity contribution in [2.75, 3.05) is 20.3 Å². The van der Waals surface area contributed by atoms with Gasteiger partial charge < -0.3 is 19.7 Å². The lowest BCUT2D eigenvalue weighted by molar-refractivity contribution is -0.193. The van der Waals surface area contributed by atoms with Gasteiger partial charge in [-0.2, -0.15) is 26.3 Å². The second kappa shape index (κ2) is 14.1. The van der Waals surface area contributed by atoms with Gasteiger partial charge in [0, 0.05) is 38.6 Å². The number of carbonyl (C=O) groups is 2. The minimum Gasteiger partial charge on any atom is -0.497 e. The molecule has 2 aliphatic rings. The molecule has 1 aromatic carbocycles. The van der Waals surface area contributed by atoms with Gasteiger partial charge in [-0.15, -0.1) is 0 Å². The number of hydrogen-bond donors (Lipinski definition) is 2.